The number of nitrogens with one attached hydrogen (secondary N) is 1. The third kappa shape index (κ3) is 4.02. The summed E-state index contributed by atoms with van der Waals surface area (Å²) in [6.45, 7) is 3.48. The van der Waals surface area contributed by atoms with Crippen LogP contribution in [0.3, 0.4) is 0 Å². The van der Waals surface area contributed by atoms with E-state index in [9.17, 15) is 4.79 Å². The molecule has 0 aliphatic rings. The van der Waals surface area contributed by atoms with Crippen molar-refractivity contribution in [2.75, 3.05) is 5.33 Å². The molecule has 4 heteroatoms. The Hall–Kier alpha value is -0.510. The van der Waals surface area contributed by atoms with E-state index >= 15 is 0 Å². The fraction of sp³-hybridized carbons (Fsp3) is 0.400. The quantitative estimate of drug-likeness (QED) is 0.500. The number of rotatable bonds is 3. The van der Waals surface area contributed by atoms with E-state index in [2.05, 4.69) is 27.8 Å². The maximum absolute atomic E-state index is 10.2. The maximum Gasteiger partial charge on any atom is 0.312 e. The lowest BCUT2D eigenvalue weighted by atomic mass is 10.3. The van der Waals surface area contributed by atoms with E-state index < -0.39 is 6.03 Å². The van der Waals surface area contributed by atoms with Crippen molar-refractivity contribution >= 4 is 22.0 Å². The minimum absolute atomic E-state index is 0.0671. The second-order valence-corrected chi connectivity index (χ2v) is 2.15. The van der Waals surface area contributed by atoms with Crippen LogP contribution in [0.4, 0.5) is 4.79 Å². The summed E-state index contributed by atoms with van der Waals surface area (Å²) in [7, 11) is 0. The molecule has 1 atom stereocenters. The van der Waals surface area contributed by atoms with Crippen molar-refractivity contribution in [2.24, 2.45) is 5.73 Å². The topological polar surface area (TPSA) is 55.1 Å². The van der Waals surface area contributed by atoms with E-state index in [1.165, 1.54) is 0 Å². The third-order valence-electron chi connectivity index (χ3n) is 0.778. The molecule has 0 fully saturated rings. The third-order valence-corrected chi connectivity index (χ3v) is 1.48. The summed E-state index contributed by atoms with van der Waals surface area (Å²) in [5.41, 5.74) is 4.83. The van der Waals surface area contributed by atoms with Gasteiger partial charge in [-0.3, -0.25) is 0 Å². The molecule has 9 heavy (non-hydrogen) atoms. The lowest BCUT2D eigenvalue weighted by Gasteiger charge is -2.07. The summed E-state index contributed by atoms with van der Waals surface area (Å²) < 4.78 is 0. The van der Waals surface area contributed by atoms with Gasteiger partial charge >= 0.3 is 6.03 Å². The summed E-state index contributed by atoms with van der Waals surface area (Å²) in [5.74, 6) is 0. The minimum Gasteiger partial charge on any atom is -0.352 e. The Labute approximate surface area is 62.4 Å². The van der Waals surface area contributed by atoms with Gasteiger partial charge in [-0.1, -0.05) is 22.0 Å². The summed E-state index contributed by atoms with van der Waals surface area (Å²) in [6, 6.07) is -0.596. The maximum atomic E-state index is 10.2. The highest BCUT2D eigenvalue weighted by Crippen LogP contribution is 1.89. The van der Waals surface area contributed by atoms with E-state index in [1.54, 1.807) is 6.08 Å². The van der Waals surface area contributed by atoms with E-state index in [0.717, 1.165) is 0 Å². The van der Waals surface area contributed by atoms with Gasteiger partial charge in [-0.05, 0) is 0 Å². The van der Waals surface area contributed by atoms with E-state index in [-0.39, 0.29) is 6.04 Å². The number of hydrogen-bond acceptors (Lipinski definition) is 1. The Morgan fingerprint density at radius 2 is 2.56 bits per heavy atom. The molecule has 0 saturated heterocycles. The number of urea groups is 1. The van der Waals surface area contributed by atoms with Gasteiger partial charge in [0.25, 0.3) is 0 Å². The Morgan fingerprint density at radius 1 is 2.00 bits per heavy atom. The lowest BCUT2D eigenvalue weighted by Crippen LogP contribution is -2.38. The van der Waals surface area contributed by atoms with Gasteiger partial charge < -0.3 is 11.1 Å². The average Bonchev–Trinajstić information content (AvgIpc) is 1.82. The van der Waals surface area contributed by atoms with Crippen molar-refractivity contribution in [3.05, 3.63) is 12.7 Å². The summed E-state index contributed by atoms with van der Waals surface area (Å²) in [6.07, 6.45) is 1.61. The fourth-order valence-corrected chi connectivity index (χ4v) is 0.769. The summed E-state index contributed by atoms with van der Waals surface area (Å²) in [4.78, 5) is 10.2. The normalized spacial score (nSPS) is 12.1. The summed E-state index contributed by atoms with van der Waals surface area (Å²) >= 11 is 3.16. The molecule has 2 amide bonds. The highest BCUT2D eigenvalue weighted by atomic mass is 79.9. The van der Waals surface area contributed by atoms with Gasteiger partial charge in [-0.2, -0.15) is 0 Å². The number of primary amides is 1. The first-order valence-corrected chi connectivity index (χ1v) is 3.57. The molecule has 3 nitrogen and oxygen atoms in total. The first kappa shape index (κ1) is 8.49. The minimum atomic E-state index is -0.528. The van der Waals surface area contributed by atoms with Gasteiger partial charge in [0, 0.05) is 5.33 Å². The van der Waals surface area contributed by atoms with Crippen LogP contribution >= 0.6 is 15.9 Å². The second kappa shape index (κ2) is 4.38. The predicted molar refractivity (Wildman–Crippen MR) is 40.5 cm³/mol. The zero-order chi connectivity index (χ0) is 7.28. The van der Waals surface area contributed by atoms with Crippen LogP contribution in [0.15, 0.2) is 12.7 Å². The molecular weight excluding hydrogens is 184 g/mol. The number of halogens is 1. The van der Waals surface area contributed by atoms with Gasteiger partial charge in [0.1, 0.15) is 0 Å². The number of nitrogens with two attached hydrogens (primary N) is 1. The van der Waals surface area contributed by atoms with Crippen LogP contribution in [0, 0.1) is 0 Å². The van der Waals surface area contributed by atoms with Crippen molar-refractivity contribution in [1.29, 1.82) is 0 Å². The average molecular weight is 193 g/mol. The molecule has 0 saturated carbocycles. The Bertz CT molecular complexity index is 116. The molecule has 0 heterocycles. The first-order chi connectivity index (χ1) is 4.20. The second-order valence-electron chi connectivity index (χ2n) is 1.51. The van der Waals surface area contributed by atoms with Gasteiger partial charge in [0.15, 0.2) is 0 Å². The van der Waals surface area contributed by atoms with Crippen molar-refractivity contribution < 1.29 is 4.79 Å². The van der Waals surface area contributed by atoms with Gasteiger partial charge in [0.2, 0.25) is 0 Å². The molecule has 0 aromatic rings. The van der Waals surface area contributed by atoms with E-state index in [1.807, 2.05) is 0 Å². The van der Waals surface area contributed by atoms with E-state index in [4.69, 9.17) is 5.73 Å². The predicted octanol–water partition coefficient (Wildman–Crippen LogP) is 0.604. The number of hydrogen-bond donors (Lipinski definition) is 2. The Morgan fingerprint density at radius 3 is 2.67 bits per heavy atom. The number of alkyl halides is 1. The molecule has 52 valence electrons. The number of carbonyl (C=O) groups excluding carboxylic acids is 1. The molecule has 0 aliphatic carbocycles. The molecule has 0 aliphatic heterocycles. The van der Waals surface area contributed by atoms with Crippen LogP contribution in [0.2, 0.25) is 0 Å². The van der Waals surface area contributed by atoms with Crippen LogP contribution in [0.1, 0.15) is 0 Å². The molecule has 0 radical (unpaired) electrons. The van der Waals surface area contributed by atoms with Crippen molar-refractivity contribution in [2.45, 2.75) is 6.04 Å². The molecule has 0 spiro atoms. The summed E-state index contributed by atoms with van der Waals surface area (Å²) in [5, 5.41) is 3.09. The number of carbonyl (C=O) groups is 1. The zero-order valence-corrected chi connectivity index (χ0v) is 6.52. The number of amides is 2. The Kier molecular flexibility index (Phi) is 4.13. The first-order valence-electron chi connectivity index (χ1n) is 2.45. The monoisotopic (exact) mass is 192 g/mol. The van der Waals surface area contributed by atoms with Gasteiger partial charge in [0.05, 0.1) is 6.04 Å². The molecule has 0 aromatic heterocycles. The smallest absolute Gasteiger partial charge is 0.312 e. The van der Waals surface area contributed by atoms with Crippen molar-refractivity contribution in [3.63, 3.8) is 0 Å². The van der Waals surface area contributed by atoms with Crippen LogP contribution in [-0.4, -0.2) is 17.4 Å². The molecule has 0 bridgehead atoms. The van der Waals surface area contributed by atoms with Crippen LogP contribution < -0.4 is 11.1 Å². The largest absolute Gasteiger partial charge is 0.352 e. The molecule has 0 aromatic carbocycles. The zero-order valence-electron chi connectivity index (χ0n) is 4.93. The van der Waals surface area contributed by atoms with Gasteiger partial charge in [-0.25, -0.2) is 4.79 Å². The highest BCUT2D eigenvalue weighted by Gasteiger charge is 2.01. The molecule has 1 unspecified atom stereocenters. The van der Waals surface area contributed by atoms with Crippen molar-refractivity contribution in [3.8, 4) is 0 Å². The lowest BCUT2D eigenvalue weighted by molar-refractivity contribution is 0.248. The van der Waals surface area contributed by atoms with Crippen LogP contribution in [0.25, 0.3) is 0 Å². The molecule has 0 rings (SSSR count). The van der Waals surface area contributed by atoms with E-state index in [0.29, 0.717) is 5.33 Å². The SMILES string of the molecule is C=CC(CBr)NC(N)=O. The highest BCUT2D eigenvalue weighted by molar-refractivity contribution is 9.09. The fourth-order valence-electron chi connectivity index (χ4n) is 0.343. The standard InChI is InChI=1S/C5H9BrN2O/c1-2-4(3-6)8-5(7)9/h2,4H,1,3H2,(H3,7,8,9). The molecule has 3 N–H and O–H groups in total. The Balaban J connectivity index is 3.55. The van der Waals surface area contributed by atoms with Crippen LogP contribution in [-0.2, 0) is 0 Å². The molecular formula is C5H9BrN2O. The van der Waals surface area contributed by atoms with Gasteiger partial charge in [-0.15, -0.1) is 6.58 Å². The van der Waals surface area contributed by atoms with Crippen LogP contribution in [0.5, 0.6) is 0 Å². The van der Waals surface area contributed by atoms with Crippen molar-refractivity contribution in [1.82, 2.24) is 5.32 Å².